The van der Waals surface area contributed by atoms with Crippen LogP contribution in [-0.4, -0.2) is 33.4 Å². The second kappa shape index (κ2) is 8.30. The van der Waals surface area contributed by atoms with Crippen molar-refractivity contribution in [3.05, 3.63) is 75.5 Å². The van der Waals surface area contributed by atoms with E-state index in [0.29, 0.717) is 24.2 Å². The summed E-state index contributed by atoms with van der Waals surface area (Å²) in [6.45, 7) is 6.19. The molecule has 1 amide bonds. The fourth-order valence-corrected chi connectivity index (χ4v) is 4.43. The SMILES string of the molecule is CCCCn1cc(C2CCN(C(=O)c3ccc(C)c([N+](=O)[O-])c3)C2)c2ccccc21. The highest BCUT2D eigenvalue weighted by molar-refractivity contribution is 5.95. The summed E-state index contributed by atoms with van der Waals surface area (Å²) in [6, 6.07) is 13.2. The van der Waals surface area contributed by atoms with Crippen LogP contribution < -0.4 is 0 Å². The Hall–Kier alpha value is -3.15. The maximum absolute atomic E-state index is 13.0. The lowest BCUT2D eigenvalue weighted by Gasteiger charge is -2.17. The molecule has 1 fully saturated rings. The number of hydrogen-bond acceptors (Lipinski definition) is 3. The lowest BCUT2D eigenvalue weighted by molar-refractivity contribution is -0.385. The van der Waals surface area contributed by atoms with E-state index >= 15 is 0 Å². The summed E-state index contributed by atoms with van der Waals surface area (Å²) in [5.41, 5.74) is 3.50. The Bertz CT molecular complexity index is 1100. The van der Waals surface area contributed by atoms with Crippen molar-refractivity contribution in [1.29, 1.82) is 0 Å². The molecular weight excluding hydrogens is 378 g/mol. The molecule has 0 saturated carbocycles. The van der Waals surface area contributed by atoms with E-state index in [1.807, 2.05) is 4.90 Å². The van der Waals surface area contributed by atoms with E-state index in [-0.39, 0.29) is 17.5 Å². The van der Waals surface area contributed by atoms with Crippen molar-refractivity contribution in [3.8, 4) is 0 Å². The molecule has 1 aliphatic rings. The van der Waals surface area contributed by atoms with Gasteiger partial charge in [-0.25, -0.2) is 0 Å². The monoisotopic (exact) mass is 405 g/mol. The molecule has 1 saturated heterocycles. The van der Waals surface area contributed by atoms with Crippen molar-refractivity contribution < 1.29 is 9.72 Å². The topological polar surface area (TPSA) is 68.4 Å². The van der Waals surface area contributed by atoms with Gasteiger partial charge in [-0.15, -0.1) is 0 Å². The minimum Gasteiger partial charge on any atom is -0.347 e. The zero-order valence-corrected chi connectivity index (χ0v) is 17.5. The predicted molar refractivity (Wildman–Crippen MR) is 118 cm³/mol. The Kier molecular flexibility index (Phi) is 5.57. The predicted octanol–water partition coefficient (Wildman–Crippen LogP) is 5.29. The normalized spacial score (nSPS) is 16.3. The summed E-state index contributed by atoms with van der Waals surface area (Å²) in [7, 11) is 0. The largest absolute Gasteiger partial charge is 0.347 e. The van der Waals surface area contributed by atoms with Crippen LogP contribution in [0.2, 0.25) is 0 Å². The Morgan fingerprint density at radius 1 is 1.23 bits per heavy atom. The van der Waals surface area contributed by atoms with E-state index in [1.54, 1.807) is 19.1 Å². The minimum absolute atomic E-state index is 0.00408. The minimum atomic E-state index is -0.427. The number of rotatable bonds is 6. The van der Waals surface area contributed by atoms with Gasteiger partial charge >= 0.3 is 0 Å². The first kappa shape index (κ1) is 20.1. The highest BCUT2D eigenvalue weighted by Crippen LogP contribution is 2.35. The van der Waals surface area contributed by atoms with E-state index in [2.05, 4.69) is 42.0 Å². The van der Waals surface area contributed by atoms with Crippen LogP contribution in [0.3, 0.4) is 0 Å². The molecule has 0 radical (unpaired) electrons. The van der Waals surface area contributed by atoms with Crippen molar-refractivity contribution in [2.45, 2.75) is 45.6 Å². The highest BCUT2D eigenvalue weighted by atomic mass is 16.6. The quantitative estimate of drug-likeness (QED) is 0.413. The van der Waals surface area contributed by atoms with Gasteiger partial charge in [-0.1, -0.05) is 37.6 Å². The number of benzene rings is 2. The standard InChI is InChI=1S/C24H27N3O3/c1-3-4-12-25-16-21(20-7-5-6-8-22(20)25)19-11-13-26(15-19)24(28)18-10-9-17(2)23(14-18)27(29)30/h5-10,14,16,19H,3-4,11-13,15H2,1-2H3. The lowest BCUT2D eigenvalue weighted by atomic mass is 9.98. The third kappa shape index (κ3) is 3.70. The van der Waals surface area contributed by atoms with Crippen LogP contribution in [0.5, 0.6) is 0 Å². The third-order valence-electron chi connectivity index (χ3n) is 6.14. The summed E-state index contributed by atoms with van der Waals surface area (Å²) in [6.07, 6.45) is 5.45. The molecule has 2 heterocycles. The Labute approximate surface area is 176 Å². The van der Waals surface area contributed by atoms with Gasteiger partial charge in [-0.05, 0) is 37.5 Å². The molecule has 3 aromatic rings. The van der Waals surface area contributed by atoms with Crippen LogP contribution in [0.4, 0.5) is 5.69 Å². The first-order valence-electron chi connectivity index (χ1n) is 10.6. The molecule has 30 heavy (non-hydrogen) atoms. The molecule has 6 heteroatoms. The maximum Gasteiger partial charge on any atom is 0.273 e. The van der Waals surface area contributed by atoms with Gasteiger partial charge in [0.2, 0.25) is 0 Å². The number of carbonyl (C=O) groups excluding carboxylic acids is 1. The van der Waals surface area contributed by atoms with Gasteiger partial charge in [0.25, 0.3) is 11.6 Å². The van der Waals surface area contributed by atoms with E-state index in [0.717, 1.165) is 25.8 Å². The Morgan fingerprint density at radius 2 is 2.03 bits per heavy atom. The molecule has 156 valence electrons. The third-order valence-corrected chi connectivity index (χ3v) is 6.14. The summed E-state index contributed by atoms with van der Waals surface area (Å²) in [5.74, 6) is 0.150. The molecule has 1 aromatic heterocycles. The number of hydrogen-bond donors (Lipinski definition) is 0. The van der Waals surface area contributed by atoms with Gasteiger partial charge in [0.1, 0.15) is 0 Å². The Balaban J connectivity index is 1.57. The molecule has 6 nitrogen and oxygen atoms in total. The lowest BCUT2D eigenvalue weighted by Crippen LogP contribution is -2.28. The van der Waals surface area contributed by atoms with Crippen molar-refractivity contribution in [1.82, 2.24) is 9.47 Å². The average Bonchev–Trinajstić information content (AvgIpc) is 3.37. The fourth-order valence-electron chi connectivity index (χ4n) is 4.43. The van der Waals surface area contributed by atoms with Gasteiger partial charge in [-0.2, -0.15) is 0 Å². The average molecular weight is 405 g/mol. The van der Waals surface area contributed by atoms with Gasteiger partial charge < -0.3 is 9.47 Å². The molecule has 4 rings (SSSR count). The molecule has 1 unspecified atom stereocenters. The number of carbonyl (C=O) groups is 1. The summed E-state index contributed by atoms with van der Waals surface area (Å²) in [4.78, 5) is 25.7. The second-order valence-corrected chi connectivity index (χ2v) is 8.14. The van der Waals surface area contributed by atoms with Crippen LogP contribution in [-0.2, 0) is 6.54 Å². The van der Waals surface area contributed by atoms with Gasteiger partial charge in [0.05, 0.1) is 4.92 Å². The van der Waals surface area contributed by atoms with E-state index in [1.165, 1.54) is 22.5 Å². The van der Waals surface area contributed by atoms with E-state index in [4.69, 9.17) is 0 Å². The molecule has 2 aromatic carbocycles. The van der Waals surface area contributed by atoms with E-state index in [9.17, 15) is 14.9 Å². The van der Waals surface area contributed by atoms with Crippen LogP contribution in [0.15, 0.2) is 48.7 Å². The smallest absolute Gasteiger partial charge is 0.273 e. The summed E-state index contributed by atoms with van der Waals surface area (Å²) in [5, 5.41) is 12.5. The number of nitrogens with zero attached hydrogens (tertiary/aromatic N) is 3. The highest BCUT2D eigenvalue weighted by Gasteiger charge is 2.30. The number of para-hydroxylation sites is 1. The number of nitro benzene ring substituents is 1. The van der Waals surface area contributed by atoms with Gasteiger partial charge in [-0.3, -0.25) is 14.9 Å². The number of unbranched alkanes of at least 4 members (excludes halogenated alkanes) is 1. The van der Waals surface area contributed by atoms with Crippen molar-refractivity contribution in [2.24, 2.45) is 0 Å². The van der Waals surface area contributed by atoms with Crippen molar-refractivity contribution in [2.75, 3.05) is 13.1 Å². The van der Waals surface area contributed by atoms with Crippen LogP contribution in [0.1, 0.15) is 53.6 Å². The second-order valence-electron chi connectivity index (χ2n) is 8.14. The number of likely N-dealkylation sites (tertiary alicyclic amines) is 1. The fraction of sp³-hybridized carbons (Fsp3) is 0.375. The van der Waals surface area contributed by atoms with Crippen molar-refractivity contribution in [3.63, 3.8) is 0 Å². The van der Waals surface area contributed by atoms with Gasteiger partial charge in [0, 0.05) is 59.8 Å². The van der Waals surface area contributed by atoms with Gasteiger partial charge in [0.15, 0.2) is 0 Å². The van der Waals surface area contributed by atoms with Crippen molar-refractivity contribution >= 4 is 22.5 Å². The molecule has 0 N–H and O–H groups in total. The van der Waals surface area contributed by atoms with Crippen LogP contribution >= 0.6 is 0 Å². The molecular formula is C24H27N3O3. The van der Waals surface area contributed by atoms with Crippen LogP contribution in [0.25, 0.3) is 10.9 Å². The number of fused-ring (bicyclic) bond motifs is 1. The number of aryl methyl sites for hydroxylation is 2. The molecule has 1 aliphatic heterocycles. The molecule has 0 aliphatic carbocycles. The summed E-state index contributed by atoms with van der Waals surface area (Å²) >= 11 is 0. The number of nitro groups is 1. The molecule has 1 atom stereocenters. The number of amides is 1. The first-order valence-corrected chi connectivity index (χ1v) is 10.6. The zero-order chi connectivity index (χ0) is 21.3. The van der Waals surface area contributed by atoms with E-state index < -0.39 is 4.92 Å². The first-order chi connectivity index (χ1) is 14.5. The number of aromatic nitrogens is 1. The summed E-state index contributed by atoms with van der Waals surface area (Å²) < 4.78 is 2.34. The Morgan fingerprint density at radius 3 is 2.80 bits per heavy atom. The zero-order valence-electron chi connectivity index (χ0n) is 17.5. The molecule has 0 spiro atoms. The molecule has 0 bridgehead atoms. The van der Waals surface area contributed by atoms with Crippen LogP contribution in [0, 0.1) is 17.0 Å². The maximum atomic E-state index is 13.0.